The monoisotopic (exact) mass is 393 g/mol. The van der Waals surface area contributed by atoms with Crippen molar-refractivity contribution in [3.8, 4) is 11.5 Å². The van der Waals surface area contributed by atoms with Gasteiger partial charge in [-0.15, -0.1) is 11.8 Å². The van der Waals surface area contributed by atoms with Crippen LogP contribution >= 0.6 is 11.8 Å². The third-order valence-electron chi connectivity index (χ3n) is 3.78. The predicted molar refractivity (Wildman–Crippen MR) is 110 cm³/mol. The molecule has 7 heteroatoms. The molecule has 1 aromatic heterocycles. The van der Waals surface area contributed by atoms with Crippen LogP contribution < -0.4 is 15.8 Å². The molecule has 0 spiro atoms. The highest BCUT2D eigenvalue weighted by Gasteiger charge is 2.08. The van der Waals surface area contributed by atoms with Gasteiger partial charge in [-0.2, -0.15) is 0 Å². The number of nitrogens with one attached hydrogen (secondary N) is 1. The topological polar surface area (TPSA) is 94.3 Å². The molecule has 0 saturated carbocycles. The van der Waals surface area contributed by atoms with Crippen molar-refractivity contribution in [1.29, 1.82) is 0 Å². The van der Waals surface area contributed by atoms with E-state index in [2.05, 4.69) is 17.2 Å². The minimum atomic E-state index is -0.490. The first kappa shape index (κ1) is 19.4. The average molecular weight is 393 g/mol. The molecule has 3 rings (SSSR count). The number of benzene rings is 2. The standard InChI is InChI=1S/C21H19N3O3S/c1-2-28-19-12-7-16(13-23-19)24-21(26)15-5-10-18(11-6-15)27-17-8-3-14(4-9-17)20(22)25/h3-13H,2H2,1H3,(H2,22,25)(H,24,26). The summed E-state index contributed by atoms with van der Waals surface area (Å²) in [4.78, 5) is 27.7. The number of aromatic nitrogens is 1. The van der Waals surface area contributed by atoms with Crippen molar-refractivity contribution < 1.29 is 14.3 Å². The van der Waals surface area contributed by atoms with E-state index >= 15 is 0 Å². The SMILES string of the molecule is CCSc1ccc(NC(=O)c2ccc(Oc3ccc(C(N)=O)cc3)cc2)cn1. The molecule has 0 atom stereocenters. The van der Waals surface area contributed by atoms with Crippen LogP contribution in [0.3, 0.4) is 0 Å². The van der Waals surface area contributed by atoms with Gasteiger partial charge in [0, 0.05) is 11.1 Å². The smallest absolute Gasteiger partial charge is 0.255 e. The van der Waals surface area contributed by atoms with Gasteiger partial charge in [-0.05, 0) is 66.4 Å². The lowest BCUT2D eigenvalue weighted by atomic mass is 10.2. The van der Waals surface area contributed by atoms with Gasteiger partial charge in [-0.3, -0.25) is 9.59 Å². The van der Waals surface area contributed by atoms with E-state index in [9.17, 15) is 9.59 Å². The molecule has 142 valence electrons. The van der Waals surface area contributed by atoms with Gasteiger partial charge in [0.05, 0.1) is 16.9 Å². The zero-order chi connectivity index (χ0) is 19.9. The lowest BCUT2D eigenvalue weighted by Gasteiger charge is -2.08. The number of ether oxygens (including phenoxy) is 1. The molecule has 0 aliphatic rings. The predicted octanol–water partition coefficient (Wildman–Crippen LogP) is 4.34. The number of thioether (sulfide) groups is 1. The molecule has 2 amide bonds. The zero-order valence-electron chi connectivity index (χ0n) is 15.2. The molecule has 3 aromatic rings. The molecule has 0 radical (unpaired) electrons. The Balaban J connectivity index is 1.61. The van der Waals surface area contributed by atoms with Crippen LogP contribution in [0, 0.1) is 0 Å². The molecule has 0 aliphatic carbocycles. The number of primary amides is 1. The van der Waals surface area contributed by atoms with Gasteiger partial charge in [-0.1, -0.05) is 6.92 Å². The largest absolute Gasteiger partial charge is 0.457 e. The highest BCUT2D eigenvalue weighted by atomic mass is 32.2. The fourth-order valence-corrected chi connectivity index (χ4v) is 2.98. The van der Waals surface area contributed by atoms with Gasteiger partial charge in [0.2, 0.25) is 5.91 Å². The number of amides is 2. The van der Waals surface area contributed by atoms with Crippen LogP contribution in [0.4, 0.5) is 5.69 Å². The molecule has 0 fully saturated rings. The summed E-state index contributed by atoms with van der Waals surface area (Å²) in [5.74, 6) is 1.37. The van der Waals surface area contributed by atoms with Gasteiger partial charge in [0.1, 0.15) is 11.5 Å². The lowest BCUT2D eigenvalue weighted by molar-refractivity contribution is 0.0997. The first-order valence-electron chi connectivity index (χ1n) is 8.63. The van der Waals surface area contributed by atoms with Crippen LogP contribution in [0.15, 0.2) is 71.9 Å². The first-order valence-corrected chi connectivity index (χ1v) is 9.61. The minimum Gasteiger partial charge on any atom is -0.457 e. The normalized spacial score (nSPS) is 10.3. The third-order valence-corrected chi connectivity index (χ3v) is 4.60. The van der Waals surface area contributed by atoms with Gasteiger partial charge in [0.15, 0.2) is 0 Å². The molecule has 6 nitrogen and oxygen atoms in total. The number of rotatable bonds is 7. The summed E-state index contributed by atoms with van der Waals surface area (Å²) >= 11 is 1.64. The summed E-state index contributed by atoms with van der Waals surface area (Å²) in [7, 11) is 0. The minimum absolute atomic E-state index is 0.227. The molecule has 3 N–H and O–H groups in total. The van der Waals surface area contributed by atoms with Crippen LogP contribution in [-0.2, 0) is 0 Å². The number of hydrogen-bond acceptors (Lipinski definition) is 5. The van der Waals surface area contributed by atoms with E-state index in [1.807, 2.05) is 12.1 Å². The van der Waals surface area contributed by atoms with Crippen molar-refractivity contribution in [3.63, 3.8) is 0 Å². The Bertz CT molecular complexity index is 956. The van der Waals surface area contributed by atoms with Crippen molar-refractivity contribution >= 4 is 29.3 Å². The van der Waals surface area contributed by atoms with Crippen LogP contribution in [0.25, 0.3) is 0 Å². The Kier molecular flexibility index (Phi) is 6.29. The van der Waals surface area contributed by atoms with Gasteiger partial charge >= 0.3 is 0 Å². The van der Waals surface area contributed by atoms with Crippen LogP contribution in [0.2, 0.25) is 0 Å². The molecule has 2 aromatic carbocycles. The van der Waals surface area contributed by atoms with Crippen molar-refractivity contribution in [1.82, 2.24) is 4.98 Å². The Morgan fingerprint density at radius 3 is 2.07 bits per heavy atom. The van der Waals surface area contributed by atoms with Gasteiger partial charge in [0.25, 0.3) is 5.91 Å². The molecule has 0 saturated heterocycles. The van der Waals surface area contributed by atoms with Crippen LogP contribution in [-0.4, -0.2) is 22.6 Å². The second kappa shape index (κ2) is 9.05. The van der Waals surface area contributed by atoms with E-state index in [-0.39, 0.29) is 5.91 Å². The van der Waals surface area contributed by atoms with Gasteiger partial charge in [-0.25, -0.2) is 4.98 Å². The first-order chi connectivity index (χ1) is 13.5. The Morgan fingerprint density at radius 2 is 1.57 bits per heavy atom. The number of pyridine rings is 1. The zero-order valence-corrected chi connectivity index (χ0v) is 16.0. The number of carbonyl (C=O) groups excluding carboxylic acids is 2. The quantitative estimate of drug-likeness (QED) is 0.583. The molecule has 0 unspecified atom stereocenters. The summed E-state index contributed by atoms with van der Waals surface area (Å²) in [5, 5.41) is 3.74. The molecular weight excluding hydrogens is 374 g/mol. The molecule has 0 bridgehead atoms. The van der Waals surface area contributed by atoms with Crippen molar-refractivity contribution in [2.24, 2.45) is 5.73 Å². The number of nitrogens with two attached hydrogens (primary N) is 1. The highest BCUT2D eigenvalue weighted by Crippen LogP contribution is 2.23. The van der Waals surface area contributed by atoms with E-state index in [1.165, 1.54) is 0 Å². The summed E-state index contributed by atoms with van der Waals surface area (Å²) in [6.07, 6.45) is 1.64. The number of carbonyl (C=O) groups is 2. The molecular formula is C21H19N3O3S. The third kappa shape index (κ3) is 5.11. The van der Waals surface area contributed by atoms with E-state index < -0.39 is 5.91 Å². The fraction of sp³-hybridized carbons (Fsp3) is 0.0952. The summed E-state index contributed by atoms with van der Waals surface area (Å²) in [5.41, 5.74) is 6.77. The number of anilines is 1. The maximum atomic E-state index is 12.4. The van der Waals surface area contributed by atoms with Crippen molar-refractivity contribution in [2.75, 3.05) is 11.1 Å². The summed E-state index contributed by atoms with van der Waals surface area (Å²) in [6.45, 7) is 2.06. The second-order valence-corrected chi connectivity index (χ2v) is 7.07. The molecule has 0 aliphatic heterocycles. The Hall–Kier alpha value is -3.32. The van der Waals surface area contributed by atoms with E-state index in [4.69, 9.17) is 10.5 Å². The van der Waals surface area contributed by atoms with E-state index in [0.29, 0.717) is 28.3 Å². The summed E-state index contributed by atoms with van der Waals surface area (Å²) in [6, 6.07) is 17.0. The highest BCUT2D eigenvalue weighted by molar-refractivity contribution is 7.99. The van der Waals surface area contributed by atoms with Crippen molar-refractivity contribution in [3.05, 3.63) is 78.0 Å². The van der Waals surface area contributed by atoms with E-state index in [1.54, 1.807) is 66.5 Å². The fourth-order valence-electron chi connectivity index (χ4n) is 2.39. The van der Waals surface area contributed by atoms with Gasteiger partial charge < -0.3 is 15.8 Å². The Labute approximate surface area is 167 Å². The number of nitrogens with zero attached hydrogens (tertiary/aromatic N) is 1. The maximum Gasteiger partial charge on any atom is 0.255 e. The van der Waals surface area contributed by atoms with Crippen LogP contribution in [0.5, 0.6) is 11.5 Å². The Morgan fingerprint density at radius 1 is 0.964 bits per heavy atom. The number of hydrogen-bond donors (Lipinski definition) is 2. The van der Waals surface area contributed by atoms with Crippen LogP contribution in [0.1, 0.15) is 27.6 Å². The average Bonchev–Trinajstić information content (AvgIpc) is 2.70. The van der Waals surface area contributed by atoms with Crippen molar-refractivity contribution in [2.45, 2.75) is 11.9 Å². The lowest BCUT2D eigenvalue weighted by Crippen LogP contribution is -2.11. The molecule has 1 heterocycles. The second-order valence-electron chi connectivity index (χ2n) is 5.79. The maximum absolute atomic E-state index is 12.4. The summed E-state index contributed by atoms with van der Waals surface area (Å²) < 4.78 is 5.71. The van der Waals surface area contributed by atoms with E-state index in [0.717, 1.165) is 10.8 Å². The molecule has 28 heavy (non-hydrogen) atoms.